The number of morpholine rings is 1. The van der Waals surface area contributed by atoms with Gasteiger partial charge in [-0.1, -0.05) is 13.3 Å². The highest BCUT2D eigenvalue weighted by Gasteiger charge is 2.39. The monoisotopic (exact) mass is 323 g/mol. The van der Waals surface area contributed by atoms with Crippen LogP contribution in [0.4, 0.5) is 0 Å². The summed E-state index contributed by atoms with van der Waals surface area (Å²) in [7, 11) is 0. The molecule has 0 saturated carbocycles. The van der Waals surface area contributed by atoms with Crippen molar-refractivity contribution in [2.75, 3.05) is 32.8 Å². The molecule has 2 aliphatic rings. The van der Waals surface area contributed by atoms with E-state index in [-0.39, 0.29) is 11.5 Å². The number of thiazole rings is 1. The van der Waals surface area contributed by atoms with Crippen molar-refractivity contribution in [3.63, 3.8) is 0 Å². The summed E-state index contributed by atoms with van der Waals surface area (Å²) in [6.07, 6.45) is 5.23. The lowest BCUT2D eigenvalue weighted by Gasteiger charge is -2.44. The number of aryl methyl sites for hydroxylation is 1. The van der Waals surface area contributed by atoms with Crippen LogP contribution in [0.25, 0.3) is 0 Å². The number of ether oxygens (including phenoxy) is 1. The Morgan fingerprint density at radius 1 is 1.50 bits per heavy atom. The summed E-state index contributed by atoms with van der Waals surface area (Å²) < 4.78 is 6.03. The number of carbonyl (C=O) groups is 1. The first kappa shape index (κ1) is 15.9. The zero-order chi connectivity index (χ0) is 15.4. The maximum absolute atomic E-state index is 12.7. The normalized spacial score (nSPS) is 21.2. The number of piperidine rings is 1. The second kappa shape index (κ2) is 7.06. The number of nitrogens with one attached hydrogen (secondary N) is 1. The average molecular weight is 323 g/mol. The van der Waals surface area contributed by atoms with E-state index in [0.29, 0.717) is 25.4 Å². The number of carbonyl (C=O) groups excluding carboxylic acids is 1. The Kier molecular flexibility index (Phi) is 5.10. The molecule has 3 heterocycles. The maximum atomic E-state index is 12.7. The van der Waals surface area contributed by atoms with Gasteiger partial charge in [-0.2, -0.15) is 0 Å². The van der Waals surface area contributed by atoms with Gasteiger partial charge in [-0.25, -0.2) is 4.98 Å². The third-order valence-corrected chi connectivity index (χ3v) is 5.47. The van der Waals surface area contributed by atoms with E-state index < -0.39 is 0 Å². The van der Waals surface area contributed by atoms with Crippen molar-refractivity contribution >= 4 is 17.2 Å². The fourth-order valence-corrected chi connectivity index (χ4v) is 4.03. The van der Waals surface area contributed by atoms with Crippen molar-refractivity contribution in [2.45, 2.75) is 44.6 Å². The Morgan fingerprint density at radius 2 is 2.32 bits per heavy atom. The standard InChI is InChI=1S/C16H25N3O2S/c1-2-3-4-14-18-13(11-22-14)15(20)19-9-10-21-16(12-19)5-7-17-8-6-16/h11,17H,2-10,12H2,1H3. The van der Waals surface area contributed by atoms with Gasteiger partial charge in [0.05, 0.1) is 23.8 Å². The van der Waals surface area contributed by atoms with Crippen LogP contribution in [0.2, 0.25) is 0 Å². The van der Waals surface area contributed by atoms with Crippen LogP contribution in [-0.2, 0) is 11.2 Å². The van der Waals surface area contributed by atoms with Gasteiger partial charge in [0.2, 0.25) is 0 Å². The fourth-order valence-electron chi connectivity index (χ4n) is 3.22. The summed E-state index contributed by atoms with van der Waals surface area (Å²) >= 11 is 1.61. The van der Waals surface area contributed by atoms with Gasteiger partial charge in [-0.3, -0.25) is 4.79 Å². The van der Waals surface area contributed by atoms with Crippen molar-refractivity contribution in [1.82, 2.24) is 15.2 Å². The smallest absolute Gasteiger partial charge is 0.273 e. The van der Waals surface area contributed by atoms with Crippen molar-refractivity contribution in [1.29, 1.82) is 0 Å². The Morgan fingerprint density at radius 3 is 3.09 bits per heavy atom. The van der Waals surface area contributed by atoms with Crippen LogP contribution in [0.1, 0.15) is 48.1 Å². The molecular weight excluding hydrogens is 298 g/mol. The summed E-state index contributed by atoms with van der Waals surface area (Å²) in [6.45, 7) is 6.13. The van der Waals surface area contributed by atoms with E-state index in [9.17, 15) is 4.79 Å². The maximum Gasteiger partial charge on any atom is 0.273 e. The van der Waals surface area contributed by atoms with Crippen LogP contribution in [0, 0.1) is 0 Å². The van der Waals surface area contributed by atoms with E-state index in [1.54, 1.807) is 11.3 Å². The lowest BCUT2D eigenvalue weighted by Crippen LogP contribution is -2.57. The highest BCUT2D eigenvalue weighted by molar-refractivity contribution is 7.09. The van der Waals surface area contributed by atoms with E-state index in [1.807, 2.05) is 10.3 Å². The molecule has 1 spiro atoms. The first-order chi connectivity index (χ1) is 10.7. The van der Waals surface area contributed by atoms with Gasteiger partial charge in [0, 0.05) is 11.9 Å². The van der Waals surface area contributed by atoms with E-state index in [2.05, 4.69) is 17.2 Å². The molecule has 3 rings (SSSR count). The van der Waals surface area contributed by atoms with Gasteiger partial charge in [-0.05, 0) is 38.8 Å². The van der Waals surface area contributed by atoms with Gasteiger partial charge in [0.25, 0.3) is 5.91 Å². The highest BCUT2D eigenvalue weighted by atomic mass is 32.1. The number of amides is 1. The first-order valence-corrected chi connectivity index (χ1v) is 9.19. The minimum atomic E-state index is -0.139. The SMILES string of the molecule is CCCCc1nc(C(=O)N2CCOC3(CCNCC3)C2)cs1. The molecule has 0 unspecified atom stereocenters. The van der Waals surface area contributed by atoms with Gasteiger partial charge in [0.1, 0.15) is 5.69 Å². The summed E-state index contributed by atoms with van der Waals surface area (Å²) in [6, 6.07) is 0. The lowest BCUT2D eigenvalue weighted by molar-refractivity contribution is -0.114. The molecule has 0 aliphatic carbocycles. The number of hydrogen-bond donors (Lipinski definition) is 1. The molecule has 2 fully saturated rings. The van der Waals surface area contributed by atoms with Crippen molar-refractivity contribution in [3.05, 3.63) is 16.1 Å². The number of hydrogen-bond acceptors (Lipinski definition) is 5. The third kappa shape index (κ3) is 3.50. The van der Waals surface area contributed by atoms with E-state index in [1.165, 1.54) is 0 Å². The Bertz CT molecular complexity index is 506. The zero-order valence-electron chi connectivity index (χ0n) is 13.3. The van der Waals surface area contributed by atoms with Crippen LogP contribution in [0.5, 0.6) is 0 Å². The fraction of sp³-hybridized carbons (Fsp3) is 0.750. The topological polar surface area (TPSA) is 54.5 Å². The van der Waals surface area contributed by atoms with Gasteiger partial charge in [-0.15, -0.1) is 11.3 Å². The number of unbranched alkanes of at least 4 members (excludes halogenated alkanes) is 1. The molecule has 1 aromatic heterocycles. The molecule has 2 aliphatic heterocycles. The van der Waals surface area contributed by atoms with Crippen LogP contribution < -0.4 is 5.32 Å². The lowest BCUT2D eigenvalue weighted by atomic mass is 9.90. The summed E-state index contributed by atoms with van der Waals surface area (Å²) in [4.78, 5) is 19.2. The van der Waals surface area contributed by atoms with Crippen molar-refractivity contribution in [3.8, 4) is 0 Å². The van der Waals surface area contributed by atoms with Crippen LogP contribution in [-0.4, -0.2) is 54.2 Å². The Labute approximate surface area is 136 Å². The molecule has 5 nitrogen and oxygen atoms in total. The molecule has 2 saturated heterocycles. The van der Waals surface area contributed by atoms with Crippen molar-refractivity contribution in [2.24, 2.45) is 0 Å². The number of nitrogens with zero attached hydrogens (tertiary/aromatic N) is 2. The second-order valence-electron chi connectivity index (χ2n) is 6.24. The molecule has 1 aromatic rings. The van der Waals surface area contributed by atoms with Crippen LogP contribution in [0.15, 0.2) is 5.38 Å². The summed E-state index contributed by atoms with van der Waals surface area (Å²) in [5.74, 6) is 0.0696. The molecule has 0 bridgehead atoms. The first-order valence-electron chi connectivity index (χ1n) is 8.31. The molecule has 6 heteroatoms. The minimum absolute atomic E-state index is 0.0696. The largest absolute Gasteiger partial charge is 0.371 e. The molecule has 0 aromatic carbocycles. The van der Waals surface area contributed by atoms with Crippen LogP contribution >= 0.6 is 11.3 Å². The molecule has 1 N–H and O–H groups in total. The molecule has 1 amide bonds. The Balaban J connectivity index is 1.65. The summed E-state index contributed by atoms with van der Waals surface area (Å²) in [5, 5.41) is 6.35. The predicted octanol–water partition coefficient (Wildman–Crippen LogP) is 2.08. The molecule has 22 heavy (non-hydrogen) atoms. The van der Waals surface area contributed by atoms with Gasteiger partial charge < -0.3 is 15.0 Å². The van der Waals surface area contributed by atoms with Gasteiger partial charge in [0.15, 0.2) is 0 Å². The van der Waals surface area contributed by atoms with Crippen LogP contribution in [0.3, 0.4) is 0 Å². The van der Waals surface area contributed by atoms with E-state index >= 15 is 0 Å². The zero-order valence-corrected chi connectivity index (χ0v) is 14.1. The second-order valence-corrected chi connectivity index (χ2v) is 7.18. The van der Waals surface area contributed by atoms with E-state index in [4.69, 9.17) is 4.74 Å². The van der Waals surface area contributed by atoms with Crippen molar-refractivity contribution < 1.29 is 9.53 Å². The van der Waals surface area contributed by atoms with Gasteiger partial charge >= 0.3 is 0 Å². The minimum Gasteiger partial charge on any atom is -0.371 e. The summed E-state index contributed by atoms with van der Waals surface area (Å²) in [5.41, 5.74) is 0.474. The third-order valence-electron chi connectivity index (χ3n) is 4.57. The Hall–Kier alpha value is -0.980. The highest BCUT2D eigenvalue weighted by Crippen LogP contribution is 2.28. The molecular formula is C16H25N3O2S. The number of aromatic nitrogens is 1. The molecule has 0 atom stereocenters. The number of rotatable bonds is 4. The quantitative estimate of drug-likeness (QED) is 0.922. The average Bonchev–Trinajstić information content (AvgIpc) is 3.02. The van der Waals surface area contributed by atoms with E-state index in [0.717, 1.165) is 50.2 Å². The molecule has 122 valence electrons. The predicted molar refractivity (Wildman–Crippen MR) is 87.4 cm³/mol. The molecule has 0 radical (unpaired) electrons.